The van der Waals surface area contributed by atoms with Crippen molar-refractivity contribution in [2.24, 2.45) is 0 Å². The highest BCUT2D eigenvalue weighted by atomic mass is 35.5. The fourth-order valence-electron chi connectivity index (χ4n) is 0.802. The van der Waals surface area contributed by atoms with Crippen molar-refractivity contribution in [2.45, 2.75) is 34.6 Å². The van der Waals surface area contributed by atoms with Crippen LogP contribution in [0.5, 0.6) is 0 Å². The van der Waals surface area contributed by atoms with E-state index in [0.717, 1.165) is 11.4 Å². The zero-order chi connectivity index (χ0) is 11.6. The van der Waals surface area contributed by atoms with Crippen molar-refractivity contribution in [1.82, 2.24) is 4.98 Å². The second-order valence-corrected chi connectivity index (χ2v) is 2.51. The van der Waals surface area contributed by atoms with Gasteiger partial charge in [-0.3, -0.25) is 0 Å². The van der Waals surface area contributed by atoms with Crippen LogP contribution in [-0.2, 0) is 0 Å². The minimum atomic E-state index is 0.677. The first kappa shape index (κ1) is 15.7. The van der Waals surface area contributed by atoms with Crippen molar-refractivity contribution >= 4 is 17.4 Å². The zero-order valence-electron chi connectivity index (χ0n) is 9.98. The van der Waals surface area contributed by atoms with Gasteiger partial charge >= 0.3 is 0 Å². The van der Waals surface area contributed by atoms with Gasteiger partial charge in [-0.2, -0.15) is 0 Å². The third-order valence-electron chi connectivity index (χ3n) is 1.28. The Hall–Kier alpha value is -0.760. The molecule has 0 aliphatic carbocycles. The van der Waals surface area contributed by atoms with E-state index in [-0.39, 0.29) is 0 Å². The van der Waals surface area contributed by atoms with E-state index in [9.17, 15) is 0 Å². The molecular weight excluding hydrogens is 196 g/mol. The van der Waals surface area contributed by atoms with E-state index in [4.69, 9.17) is 11.6 Å². The molecule has 0 fully saturated rings. The highest BCUT2D eigenvalue weighted by molar-refractivity contribution is 6.30. The van der Waals surface area contributed by atoms with E-state index < -0.39 is 0 Å². The predicted octanol–water partition coefficient (Wildman–Crippen LogP) is 4.14. The molecule has 0 amide bonds. The van der Waals surface area contributed by atoms with E-state index in [0.29, 0.717) is 5.02 Å². The zero-order valence-corrected chi connectivity index (χ0v) is 10.7. The first-order valence-corrected chi connectivity index (χ1v) is 5.41. The minimum absolute atomic E-state index is 0.677. The van der Waals surface area contributed by atoms with Crippen LogP contribution >= 0.6 is 11.6 Å². The van der Waals surface area contributed by atoms with Gasteiger partial charge in [0.25, 0.3) is 0 Å². The number of halogens is 1. The molecule has 14 heavy (non-hydrogen) atoms. The number of nitrogens with zero attached hydrogens (tertiary/aromatic N) is 1. The quantitative estimate of drug-likeness (QED) is 0.764. The maximum Gasteiger partial charge on any atom is 0.128 e. The topological polar surface area (TPSA) is 24.9 Å². The second kappa shape index (κ2) is 10.3. The van der Waals surface area contributed by atoms with Crippen molar-refractivity contribution in [3.05, 3.63) is 22.8 Å². The summed E-state index contributed by atoms with van der Waals surface area (Å²) in [5.74, 6) is 0.879. The number of rotatable bonds is 1. The molecule has 0 aromatic carbocycles. The number of nitrogens with one attached hydrogen (secondary N) is 1. The molecule has 0 radical (unpaired) electrons. The Balaban J connectivity index is 0. The molecule has 0 spiro atoms. The standard InChI is InChI=1S/C7H9ClN2.2C2H6/c1-5-3-6(8)4-10-7(5)9-2;2*1-2/h3-4H,1-2H3,(H,9,10);2*1-2H3. The molecule has 0 aliphatic heterocycles. The van der Waals surface area contributed by atoms with E-state index in [2.05, 4.69) is 10.3 Å². The molecule has 0 saturated heterocycles. The molecular formula is C11H21ClN2. The van der Waals surface area contributed by atoms with Gasteiger partial charge in [0.15, 0.2) is 0 Å². The first-order chi connectivity index (χ1) is 6.74. The molecule has 1 heterocycles. The van der Waals surface area contributed by atoms with Crippen LogP contribution in [0.2, 0.25) is 5.02 Å². The van der Waals surface area contributed by atoms with Gasteiger partial charge in [-0.1, -0.05) is 39.3 Å². The Kier molecular flexibility index (Phi) is 11.6. The number of pyridine rings is 1. The molecule has 3 heteroatoms. The summed E-state index contributed by atoms with van der Waals surface area (Å²) in [5.41, 5.74) is 1.06. The van der Waals surface area contributed by atoms with E-state index in [1.165, 1.54) is 0 Å². The van der Waals surface area contributed by atoms with Crippen LogP contribution in [-0.4, -0.2) is 12.0 Å². The van der Waals surface area contributed by atoms with Crippen LogP contribution in [0.3, 0.4) is 0 Å². The lowest BCUT2D eigenvalue weighted by Crippen LogP contribution is -1.94. The Labute approximate surface area is 92.7 Å². The van der Waals surface area contributed by atoms with Crippen LogP contribution < -0.4 is 5.32 Å². The summed E-state index contributed by atoms with van der Waals surface area (Å²) in [7, 11) is 1.84. The largest absolute Gasteiger partial charge is 0.373 e. The molecule has 1 aromatic rings. The molecule has 0 bridgehead atoms. The summed E-state index contributed by atoms with van der Waals surface area (Å²) in [6, 6.07) is 1.88. The third kappa shape index (κ3) is 5.81. The van der Waals surface area contributed by atoms with Crippen LogP contribution in [0.1, 0.15) is 33.3 Å². The number of hydrogen-bond acceptors (Lipinski definition) is 2. The van der Waals surface area contributed by atoms with Crippen molar-refractivity contribution < 1.29 is 0 Å². The van der Waals surface area contributed by atoms with Gasteiger partial charge in [-0.05, 0) is 18.6 Å². The van der Waals surface area contributed by atoms with Gasteiger partial charge in [-0.15, -0.1) is 0 Å². The van der Waals surface area contributed by atoms with Gasteiger partial charge in [-0.25, -0.2) is 4.98 Å². The van der Waals surface area contributed by atoms with Crippen LogP contribution in [0.4, 0.5) is 5.82 Å². The van der Waals surface area contributed by atoms with Crippen LogP contribution in [0.25, 0.3) is 0 Å². The Morgan fingerprint density at radius 1 is 1.21 bits per heavy atom. The van der Waals surface area contributed by atoms with Crippen molar-refractivity contribution in [1.29, 1.82) is 0 Å². The molecule has 0 atom stereocenters. The monoisotopic (exact) mass is 216 g/mol. The molecule has 82 valence electrons. The molecule has 2 nitrogen and oxygen atoms in total. The van der Waals surface area contributed by atoms with Gasteiger partial charge < -0.3 is 5.32 Å². The third-order valence-corrected chi connectivity index (χ3v) is 1.49. The first-order valence-electron chi connectivity index (χ1n) is 5.04. The van der Waals surface area contributed by atoms with Crippen LogP contribution in [0, 0.1) is 6.92 Å². The van der Waals surface area contributed by atoms with Crippen molar-refractivity contribution in [2.75, 3.05) is 12.4 Å². The Bertz CT molecular complexity index is 237. The average Bonchev–Trinajstić information content (AvgIpc) is 2.24. The normalized spacial score (nSPS) is 7.64. The highest BCUT2D eigenvalue weighted by Crippen LogP contribution is 2.14. The second-order valence-electron chi connectivity index (χ2n) is 2.07. The summed E-state index contributed by atoms with van der Waals surface area (Å²) in [6.07, 6.45) is 1.63. The van der Waals surface area contributed by atoms with E-state index in [1.807, 2.05) is 47.7 Å². The lowest BCUT2D eigenvalue weighted by molar-refractivity contribution is 1.24. The number of hydrogen-bond donors (Lipinski definition) is 1. The lowest BCUT2D eigenvalue weighted by Gasteiger charge is -2.01. The summed E-state index contributed by atoms with van der Waals surface area (Å²) in [6.45, 7) is 9.96. The molecule has 0 saturated carbocycles. The van der Waals surface area contributed by atoms with Gasteiger partial charge in [0.2, 0.25) is 0 Å². The van der Waals surface area contributed by atoms with Gasteiger partial charge in [0.05, 0.1) is 5.02 Å². The summed E-state index contributed by atoms with van der Waals surface area (Å²) < 4.78 is 0. The number of aromatic nitrogens is 1. The molecule has 0 unspecified atom stereocenters. The highest BCUT2D eigenvalue weighted by Gasteiger charge is 1.95. The maximum atomic E-state index is 5.68. The predicted molar refractivity (Wildman–Crippen MR) is 66.2 cm³/mol. The Morgan fingerprint density at radius 2 is 1.71 bits per heavy atom. The van der Waals surface area contributed by atoms with Gasteiger partial charge in [0, 0.05) is 13.2 Å². The fraction of sp³-hybridized carbons (Fsp3) is 0.545. The maximum absolute atomic E-state index is 5.68. The SMILES string of the molecule is CC.CC.CNc1ncc(Cl)cc1C. The smallest absolute Gasteiger partial charge is 0.128 e. The molecule has 1 aromatic heterocycles. The average molecular weight is 217 g/mol. The summed E-state index contributed by atoms with van der Waals surface area (Å²) >= 11 is 5.68. The molecule has 0 aliphatic rings. The molecule has 1 N–H and O–H groups in total. The van der Waals surface area contributed by atoms with Crippen molar-refractivity contribution in [3.63, 3.8) is 0 Å². The number of aryl methyl sites for hydroxylation is 1. The van der Waals surface area contributed by atoms with E-state index >= 15 is 0 Å². The lowest BCUT2D eigenvalue weighted by atomic mass is 10.3. The summed E-state index contributed by atoms with van der Waals surface area (Å²) in [5, 5.41) is 3.63. The molecule has 1 rings (SSSR count). The van der Waals surface area contributed by atoms with E-state index in [1.54, 1.807) is 6.20 Å². The number of anilines is 1. The van der Waals surface area contributed by atoms with Crippen LogP contribution in [0.15, 0.2) is 12.3 Å². The Morgan fingerprint density at radius 3 is 2.07 bits per heavy atom. The minimum Gasteiger partial charge on any atom is -0.373 e. The van der Waals surface area contributed by atoms with Gasteiger partial charge in [0.1, 0.15) is 5.82 Å². The fourth-order valence-corrected chi connectivity index (χ4v) is 1.01. The van der Waals surface area contributed by atoms with Crippen molar-refractivity contribution in [3.8, 4) is 0 Å². The summed E-state index contributed by atoms with van der Waals surface area (Å²) in [4.78, 5) is 4.05.